The van der Waals surface area contributed by atoms with Crippen molar-refractivity contribution in [2.24, 2.45) is 0 Å². The first-order chi connectivity index (χ1) is 7.72. The summed E-state index contributed by atoms with van der Waals surface area (Å²) in [6, 6.07) is -0.469. The molecular formula is C11H17N3O2. The second-order valence-electron chi connectivity index (χ2n) is 4.15. The van der Waals surface area contributed by atoms with Crippen molar-refractivity contribution in [1.82, 2.24) is 15.1 Å². The summed E-state index contributed by atoms with van der Waals surface area (Å²) in [6.45, 7) is 3.62. The standard InChI is InChI=1S/C11H17N3O2/c1-2-14-7-8(6-13-14)9-4-3-5-12-10(9)11(15)16/h6-7,9-10,12H,2-5H2,1H3,(H,15,16). The lowest BCUT2D eigenvalue weighted by Crippen LogP contribution is -2.45. The Bertz CT molecular complexity index is 375. The fraction of sp³-hybridized carbons (Fsp3) is 0.636. The summed E-state index contributed by atoms with van der Waals surface area (Å²) in [5, 5.41) is 16.4. The van der Waals surface area contributed by atoms with Crippen molar-refractivity contribution in [2.45, 2.75) is 38.3 Å². The lowest BCUT2D eigenvalue weighted by molar-refractivity contribution is -0.140. The minimum absolute atomic E-state index is 0.0477. The van der Waals surface area contributed by atoms with Gasteiger partial charge in [-0.15, -0.1) is 0 Å². The van der Waals surface area contributed by atoms with Crippen LogP contribution < -0.4 is 5.32 Å². The first kappa shape index (κ1) is 11.1. The number of rotatable bonds is 3. The maximum absolute atomic E-state index is 11.1. The van der Waals surface area contributed by atoms with Crippen molar-refractivity contribution < 1.29 is 9.90 Å². The number of aliphatic carboxylic acids is 1. The minimum Gasteiger partial charge on any atom is -0.480 e. The molecule has 0 saturated carbocycles. The monoisotopic (exact) mass is 223 g/mol. The molecule has 0 amide bonds. The van der Waals surface area contributed by atoms with E-state index >= 15 is 0 Å². The second kappa shape index (κ2) is 4.65. The van der Waals surface area contributed by atoms with Gasteiger partial charge in [0.25, 0.3) is 0 Å². The molecule has 0 radical (unpaired) electrons. The molecule has 2 unspecified atom stereocenters. The van der Waals surface area contributed by atoms with Crippen LogP contribution in [0.2, 0.25) is 0 Å². The van der Waals surface area contributed by atoms with Gasteiger partial charge in [-0.05, 0) is 31.9 Å². The third kappa shape index (κ3) is 2.09. The molecule has 1 saturated heterocycles. The first-order valence-electron chi connectivity index (χ1n) is 5.71. The van der Waals surface area contributed by atoms with Gasteiger partial charge in [0, 0.05) is 18.7 Å². The molecule has 1 fully saturated rings. The van der Waals surface area contributed by atoms with Crippen LogP contribution in [0, 0.1) is 0 Å². The molecular weight excluding hydrogens is 206 g/mol. The van der Waals surface area contributed by atoms with E-state index in [1.54, 1.807) is 6.20 Å². The van der Waals surface area contributed by atoms with Crippen LogP contribution in [-0.2, 0) is 11.3 Å². The smallest absolute Gasteiger partial charge is 0.321 e. The van der Waals surface area contributed by atoms with Gasteiger partial charge in [-0.25, -0.2) is 0 Å². The average Bonchev–Trinajstić information content (AvgIpc) is 2.77. The number of carbonyl (C=O) groups is 1. The molecule has 5 heteroatoms. The molecule has 1 aliphatic heterocycles. The van der Waals surface area contributed by atoms with Crippen LogP contribution in [0.4, 0.5) is 0 Å². The lowest BCUT2D eigenvalue weighted by atomic mass is 9.86. The van der Waals surface area contributed by atoms with E-state index in [-0.39, 0.29) is 5.92 Å². The Hall–Kier alpha value is -1.36. The van der Waals surface area contributed by atoms with Gasteiger partial charge < -0.3 is 10.4 Å². The molecule has 2 N–H and O–H groups in total. The maximum Gasteiger partial charge on any atom is 0.321 e. The number of carboxylic acid groups (broad SMARTS) is 1. The van der Waals surface area contributed by atoms with Crippen LogP contribution in [0.1, 0.15) is 31.2 Å². The SMILES string of the molecule is CCn1cc(C2CCCNC2C(=O)O)cn1. The molecule has 2 rings (SSSR count). The van der Waals surface area contributed by atoms with Crippen LogP contribution in [0.15, 0.2) is 12.4 Å². The van der Waals surface area contributed by atoms with Crippen molar-refractivity contribution in [3.63, 3.8) is 0 Å². The van der Waals surface area contributed by atoms with E-state index in [1.807, 2.05) is 17.8 Å². The van der Waals surface area contributed by atoms with E-state index in [0.29, 0.717) is 0 Å². The summed E-state index contributed by atoms with van der Waals surface area (Å²) < 4.78 is 1.84. The van der Waals surface area contributed by atoms with E-state index in [2.05, 4.69) is 10.4 Å². The van der Waals surface area contributed by atoms with Crippen molar-refractivity contribution in [3.05, 3.63) is 18.0 Å². The third-order valence-corrected chi connectivity index (χ3v) is 3.13. The molecule has 16 heavy (non-hydrogen) atoms. The van der Waals surface area contributed by atoms with E-state index < -0.39 is 12.0 Å². The van der Waals surface area contributed by atoms with Gasteiger partial charge in [0.15, 0.2) is 0 Å². The highest BCUT2D eigenvalue weighted by molar-refractivity contribution is 5.75. The van der Waals surface area contributed by atoms with Gasteiger partial charge in [0.05, 0.1) is 6.20 Å². The Morgan fingerprint density at radius 1 is 1.75 bits per heavy atom. The van der Waals surface area contributed by atoms with Gasteiger partial charge in [0.1, 0.15) is 6.04 Å². The van der Waals surface area contributed by atoms with E-state index in [4.69, 9.17) is 5.11 Å². The Labute approximate surface area is 94.5 Å². The van der Waals surface area contributed by atoms with Crippen molar-refractivity contribution >= 4 is 5.97 Å². The predicted molar refractivity (Wildman–Crippen MR) is 59.3 cm³/mol. The summed E-state index contributed by atoms with van der Waals surface area (Å²) >= 11 is 0. The average molecular weight is 223 g/mol. The summed E-state index contributed by atoms with van der Waals surface area (Å²) in [7, 11) is 0. The number of hydrogen-bond acceptors (Lipinski definition) is 3. The highest BCUT2D eigenvalue weighted by Crippen LogP contribution is 2.27. The zero-order valence-corrected chi connectivity index (χ0v) is 9.39. The van der Waals surface area contributed by atoms with Gasteiger partial charge in [-0.3, -0.25) is 9.48 Å². The van der Waals surface area contributed by atoms with Crippen LogP contribution in [0.3, 0.4) is 0 Å². The van der Waals surface area contributed by atoms with Crippen LogP contribution in [0.25, 0.3) is 0 Å². The van der Waals surface area contributed by atoms with Gasteiger partial charge >= 0.3 is 5.97 Å². The summed E-state index contributed by atoms with van der Waals surface area (Å²) in [5.74, 6) is -0.722. The molecule has 2 atom stereocenters. The van der Waals surface area contributed by atoms with Crippen LogP contribution in [0.5, 0.6) is 0 Å². The Morgan fingerprint density at radius 2 is 2.56 bits per heavy atom. The van der Waals surface area contributed by atoms with Crippen LogP contribution in [-0.4, -0.2) is 33.4 Å². The molecule has 2 heterocycles. The molecule has 1 aromatic heterocycles. The van der Waals surface area contributed by atoms with Crippen molar-refractivity contribution in [2.75, 3.05) is 6.54 Å². The van der Waals surface area contributed by atoms with Crippen molar-refractivity contribution in [3.8, 4) is 0 Å². The predicted octanol–water partition coefficient (Wildman–Crippen LogP) is 0.823. The Kier molecular flexibility index (Phi) is 3.24. The summed E-state index contributed by atoms with van der Waals surface area (Å²) in [4.78, 5) is 11.1. The number of aryl methyl sites for hydroxylation is 1. The zero-order chi connectivity index (χ0) is 11.5. The highest BCUT2D eigenvalue weighted by Gasteiger charge is 2.32. The lowest BCUT2D eigenvalue weighted by Gasteiger charge is -2.28. The normalized spacial score (nSPS) is 25.6. The molecule has 5 nitrogen and oxygen atoms in total. The van der Waals surface area contributed by atoms with Gasteiger partial charge in [0.2, 0.25) is 0 Å². The Morgan fingerprint density at radius 3 is 3.19 bits per heavy atom. The number of piperidine rings is 1. The molecule has 1 aliphatic rings. The maximum atomic E-state index is 11.1. The number of hydrogen-bond donors (Lipinski definition) is 2. The first-order valence-corrected chi connectivity index (χ1v) is 5.71. The van der Waals surface area contributed by atoms with Crippen LogP contribution >= 0.6 is 0 Å². The molecule has 0 aliphatic carbocycles. The molecule has 1 aromatic rings. The topological polar surface area (TPSA) is 67.2 Å². The number of carboxylic acids is 1. The fourth-order valence-corrected chi connectivity index (χ4v) is 2.25. The number of aromatic nitrogens is 2. The molecule has 88 valence electrons. The fourth-order valence-electron chi connectivity index (χ4n) is 2.25. The van der Waals surface area contributed by atoms with E-state index in [1.165, 1.54) is 0 Å². The quantitative estimate of drug-likeness (QED) is 0.796. The minimum atomic E-state index is -0.769. The molecule has 0 spiro atoms. The molecule has 0 aromatic carbocycles. The number of nitrogens with one attached hydrogen (secondary N) is 1. The van der Waals surface area contributed by atoms with Crippen molar-refractivity contribution in [1.29, 1.82) is 0 Å². The third-order valence-electron chi connectivity index (χ3n) is 3.13. The molecule has 0 bridgehead atoms. The largest absolute Gasteiger partial charge is 0.480 e. The second-order valence-corrected chi connectivity index (χ2v) is 4.15. The van der Waals surface area contributed by atoms with Gasteiger partial charge in [-0.1, -0.05) is 0 Å². The zero-order valence-electron chi connectivity index (χ0n) is 9.39. The number of nitrogens with zero attached hydrogens (tertiary/aromatic N) is 2. The van der Waals surface area contributed by atoms with E-state index in [0.717, 1.165) is 31.5 Å². The Balaban J connectivity index is 2.19. The van der Waals surface area contributed by atoms with Gasteiger partial charge in [-0.2, -0.15) is 5.10 Å². The highest BCUT2D eigenvalue weighted by atomic mass is 16.4. The summed E-state index contributed by atoms with van der Waals surface area (Å²) in [6.07, 6.45) is 5.68. The van der Waals surface area contributed by atoms with E-state index in [9.17, 15) is 4.79 Å². The summed E-state index contributed by atoms with van der Waals surface area (Å²) in [5.41, 5.74) is 1.03.